The van der Waals surface area contributed by atoms with E-state index in [1.807, 2.05) is 0 Å². The van der Waals surface area contributed by atoms with Crippen LogP contribution < -0.4 is 5.73 Å². The second kappa shape index (κ2) is 3.75. The minimum atomic E-state index is -2.82. The molecule has 1 saturated carbocycles. The predicted octanol–water partition coefficient (Wildman–Crippen LogP) is 0.549. The molecular weight excluding hydrogens is 174 g/mol. The van der Waals surface area contributed by atoms with Gasteiger partial charge in [-0.3, -0.25) is 0 Å². The topological polar surface area (TPSA) is 60.2 Å². The zero-order valence-electron chi connectivity index (χ0n) is 7.49. The third-order valence-electron chi connectivity index (χ3n) is 2.67. The van der Waals surface area contributed by atoms with Crippen LogP contribution in [0, 0.1) is 5.92 Å². The van der Waals surface area contributed by atoms with E-state index in [1.165, 1.54) is 6.26 Å². The second-order valence-electron chi connectivity index (χ2n) is 3.72. The first kappa shape index (κ1) is 9.99. The monoisotopic (exact) mass is 191 g/mol. The number of hydrogen-bond acceptors (Lipinski definition) is 3. The molecule has 0 heterocycles. The maximum atomic E-state index is 11.2. The molecule has 0 aliphatic heterocycles. The lowest BCUT2D eigenvalue weighted by Gasteiger charge is -2.26. The molecule has 4 heteroatoms. The fourth-order valence-corrected chi connectivity index (χ4v) is 3.06. The largest absolute Gasteiger partial charge is 0.330 e. The Labute approximate surface area is 74.3 Å². The Morgan fingerprint density at radius 3 is 2.58 bits per heavy atom. The number of nitrogens with two attached hydrogens (primary N) is 1. The van der Waals surface area contributed by atoms with Gasteiger partial charge in [-0.2, -0.15) is 0 Å². The highest BCUT2D eigenvalue weighted by Gasteiger charge is 2.27. The van der Waals surface area contributed by atoms with Gasteiger partial charge in [-0.25, -0.2) is 8.42 Å². The van der Waals surface area contributed by atoms with E-state index in [1.54, 1.807) is 0 Å². The Morgan fingerprint density at radius 1 is 1.42 bits per heavy atom. The normalized spacial score (nSPS) is 31.8. The van der Waals surface area contributed by atoms with Gasteiger partial charge in [0.15, 0.2) is 0 Å². The Hall–Kier alpha value is -0.0900. The molecule has 0 spiro atoms. The number of sulfone groups is 1. The first-order valence-electron chi connectivity index (χ1n) is 4.43. The standard InChI is InChI=1S/C8H17NO2S/c1-12(10,11)8-4-2-3-7(5-8)6-9/h7-8H,2-6,9H2,1H3. The van der Waals surface area contributed by atoms with Crippen molar-refractivity contribution in [3.05, 3.63) is 0 Å². The van der Waals surface area contributed by atoms with Gasteiger partial charge in [0.2, 0.25) is 0 Å². The van der Waals surface area contributed by atoms with Gasteiger partial charge in [0.25, 0.3) is 0 Å². The summed E-state index contributed by atoms with van der Waals surface area (Å²) >= 11 is 0. The van der Waals surface area contributed by atoms with E-state index < -0.39 is 9.84 Å². The molecule has 0 aromatic heterocycles. The Morgan fingerprint density at radius 2 is 2.08 bits per heavy atom. The molecule has 1 rings (SSSR count). The van der Waals surface area contributed by atoms with Crippen molar-refractivity contribution < 1.29 is 8.42 Å². The SMILES string of the molecule is CS(=O)(=O)C1CCCC(CN)C1. The van der Waals surface area contributed by atoms with Gasteiger partial charge in [-0.1, -0.05) is 6.42 Å². The molecule has 1 fully saturated rings. The van der Waals surface area contributed by atoms with Gasteiger partial charge in [0.05, 0.1) is 5.25 Å². The minimum Gasteiger partial charge on any atom is -0.330 e. The summed E-state index contributed by atoms with van der Waals surface area (Å²) in [6.07, 6.45) is 5.04. The van der Waals surface area contributed by atoms with E-state index in [2.05, 4.69) is 0 Å². The first-order valence-corrected chi connectivity index (χ1v) is 6.38. The van der Waals surface area contributed by atoms with Gasteiger partial charge in [0, 0.05) is 6.26 Å². The summed E-state index contributed by atoms with van der Waals surface area (Å²) in [5.41, 5.74) is 5.51. The predicted molar refractivity (Wildman–Crippen MR) is 49.6 cm³/mol. The van der Waals surface area contributed by atoms with Gasteiger partial charge in [-0.15, -0.1) is 0 Å². The zero-order valence-corrected chi connectivity index (χ0v) is 8.31. The molecule has 1 aliphatic rings. The van der Waals surface area contributed by atoms with Crippen molar-refractivity contribution in [1.29, 1.82) is 0 Å². The van der Waals surface area contributed by atoms with Crippen molar-refractivity contribution in [2.45, 2.75) is 30.9 Å². The van der Waals surface area contributed by atoms with Crippen LogP contribution in [0.5, 0.6) is 0 Å². The molecule has 0 bridgehead atoms. The maximum Gasteiger partial charge on any atom is 0.150 e. The van der Waals surface area contributed by atoms with E-state index in [-0.39, 0.29) is 5.25 Å². The van der Waals surface area contributed by atoms with Crippen molar-refractivity contribution in [1.82, 2.24) is 0 Å². The van der Waals surface area contributed by atoms with Crippen LogP contribution in [0.15, 0.2) is 0 Å². The smallest absolute Gasteiger partial charge is 0.150 e. The van der Waals surface area contributed by atoms with Crippen molar-refractivity contribution in [2.24, 2.45) is 11.7 Å². The molecule has 2 atom stereocenters. The van der Waals surface area contributed by atoms with Crippen LogP contribution >= 0.6 is 0 Å². The molecule has 0 saturated heterocycles. The van der Waals surface area contributed by atoms with Crippen molar-refractivity contribution in [2.75, 3.05) is 12.8 Å². The average Bonchev–Trinajstić information content (AvgIpc) is 2.03. The summed E-state index contributed by atoms with van der Waals surface area (Å²) in [6.45, 7) is 0.631. The quantitative estimate of drug-likeness (QED) is 0.693. The van der Waals surface area contributed by atoms with E-state index in [0.29, 0.717) is 12.5 Å². The van der Waals surface area contributed by atoms with Crippen molar-refractivity contribution >= 4 is 9.84 Å². The van der Waals surface area contributed by atoms with Crippen LogP contribution in [0.25, 0.3) is 0 Å². The second-order valence-corrected chi connectivity index (χ2v) is 6.05. The van der Waals surface area contributed by atoms with Crippen LogP contribution in [0.1, 0.15) is 25.7 Å². The van der Waals surface area contributed by atoms with Crippen LogP contribution in [-0.4, -0.2) is 26.5 Å². The lowest BCUT2D eigenvalue weighted by atomic mass is 9.89. The van der Waals surface area contributed by atoms with E-state index in [4.69, 9.17) is 5.73 Å². The van der Waals surface area contributed by atoms with Crippen LogP contribution in [-0.2, 0) is 9.84 Å². The van der Waals surface area contributed by atoms with Gasteiger partial charge < -0.3 is 5.73 Å². The van der Waals surface area contributed by atoms with Crippen molar-refractivity contribution in [3.8, 4) is 0 Å². The number of hydrogen-bond donors (Lipinski definition) is 1. The molecule has 3 nitrogen and oxygen atoms in total. The average molecular weight is 191 g/mol. The Bertz CT molecular complexity index is 235. The van der Waals surface area contributed by atoms with E-state index in [9.17, 15) is 8.42 Å². The molecule has 0 aromatic carbocycles. The summed E-state index contributed by atoms with van der Waals surface area (Å²) in [5, 5.41) is -0.125. The number of rotatable bonds is 2. The molecule has 72 valence electrons. The van der Waals surface area contributed by atoms with Crippen LogP contribution in [0.3, 0.4) is 0 Å². The Kier molecular flexibility index (Phi) is 3.12. The highest BCUT2D eigenvalue weighted by Crippen LogP contribution is 2.27. The summed E-state index contributed by atoms with van der Waals surface area (Å²) in [5.74, 6) is 0.429. The lowest BCUT2D eigenvalue weighted by Crippen LogP contribution is -2.30. The van der Waals surface area contributed by atoms with Gasteiger partial charge >= 0.3 is 0 Å². The van der Waals surface area contributed by atoms with Crippen LogP contribution in [0.2, 0.25) is 0 Å². The lowest BCUT2D eigenvalue weighted by molar-refractivity contribution is 0.365. The molecule has 0 aromatic rings. The molecule has 0 radical (unpaired) electrons. The fraction of sp³-hybridized carbons (Fsp3) is 1.00. The minimum absolute atomic E-state index is 0.125. The molecular formula is C8H17NO2S. The third kappa shape index (κ3) is 2.45. The molecule has 2 unspecified atom stereocenters. The zero-order chi connectivity index (χ0) is 9.19. The van der Waals surface area contributed by atoms with E-state index >= 15 is 0 Å². The van der Waals surface area contributed by atoms with Gasteiger partial charge in [0.1, 0.15) is 9.84 Å². The highest BCUT2D eigenvalue weighted by atomic mass is 32.2. The molecule has 2 N–H and O–H groups in total. The first-order chi connectivity index (χ1) is 5.54. The highest BCUT2D eigenvalue weighted by molar-refractivity contribution is 7.91. The molecule has 0 amide bonds. The molecule has 12 heavy (non-hydrogen) atoms. The summed E-state index contributed by atoms with van der Waals surface area (Å²) in [4.78, 5) is 0. The van der Waals surface area contributed by atoms with Gasteiger partial charge in [-0.05, 0) is 31.7 Å². The summed E-state index contributed by atoms with van der Waals surface area (Å²) in [6, 6.07) is 0. The fourth-order valence-electron chi connectivity index (χ4n) is 1.84. The van der Waals surface area contributed by atoms with Crippen molar-refractivity contribution in [3.63, 3.8) is 0 Å². The maximum absolute atomic E-state index is 11.2. The van der Waals surface area contributed by atoms with Crippen LogP contribution in [0.4, 0.5) is 0 Å². The summed E-state index contributed by atoms with van der Waals surface area (Å²) in [7, 11) is -2.82. The molecule has 1 aliphatic carbocycles. The summed E-state index contributed by atoms with van der Waals surface area (Å²) < 4.78 is 22.4. The third-order valence-corrected chi connectivity index (χ3v) is 4.31. The Balaban J connectivity index is 2.58. The van der Waals surface area contributed by atoms with E-state index in [0.717, 1.165) is 25.7 Å².